The lowest BCUT2D eigenvalue weighted by atomic mass is 10.0. The summed E-state index contributed by atoms with van der Waals surface area (Å²) in [5.74, 6) is 0.129. The van der Waals surface area contributed by atoms with Crippen LogP contribution in [-0.4, -0.2) is 11.7 Å². The molecule has 2 heteroatoms. The van der Waals surface area contributed by atoms with Crippen LogP contribution < -0.4 is 0 Å². The van der Waals surface area contributed by atoms with Crippen LogP contribution in [0, 0.1) is 0 Å². The van der Waals surface area contributed by atoms with Crippen molar-refractivity contribution >= 4 is 0 Å². The molecule has 0 amide bonds. The van der Waals surface area contributed by atoms with Crippen molar-refractivity contribution in [3.8, 4) is 0 Å². The van der Waals surface area contributed by atoms with Crippen molar-refractivity contribution in [2.75, 3.05) is 6.61 Å². The van der Waals surface area contributed by atoms with Gasteiger partial charge in [0.15, 0.2) is 0 Å². The first kappa shape index (κ1) is 8.17. The molecule has 0 aromatic heterocycles. The first-order valence-corrected chi connectivity index (χ1v) is 4.44. The standard InChI is InChI=1S/C11H12O2/c12-11-10(6-7-13-11)8-9-4-2-1-3-5-9/h1-5,12H,6-8H2. The van der Waals surface area contributed by atoms with Gasteiger partial charge in [0.25, 0.3) is 5.95 Å². The number of benzene rings is 1. The normalized spacial score (nSPS) is 16.0. The van der Waals surface area contributed by atoms with Crippen LogP contribution in [0.3, 0.4) is 0 Å². The lowest BCUT2D eigenvalue weighted by Gasteiger charge is -2.00. The SMILES string of the molecule is OC1=C(Cc2ccccc2)CCO1. The van der Waals surface area contributed by atoms with Gasteiger partial charge in [0.1, 0.15) is 0 Å². The van der Waals surface area contributed by atoms with Crippen molar-refractivity contribution in [1.29, 1.82) is 0 Å². The topological polar surface area (TPSA) is 29.5 Å². The summed E-state index contributed by atoms with van der Waals surface area (Å²) in [5, 5.41) is 9.31. The first-order chi connectivity index (χ1) is 6.36. The van der Waals surface area contributed by atoms with E-state index >= 15 is 0 Å². The molecule has 0 unspecified atom stereocenters. The van der Waals surface area contributed by atoms with Crippen LogP contribution in [0.25, 0.3) is 0 Å². The summed E-state index contributed by atoms with van der Waals surface area (Å²) >= 11 is 0. The molecule has 0 aliphatic carbocycles. The lowest BCUT2D eigenvalue weighted by Crippen LogP contribution is -1.90. The fraction of sp³-hybridized carbons (Fsp3) is 0.273. The van der Waals surface area contributed by atoms with Crippen molar-refractivity contribution in [3.05, 3.63) is 47.4 Å². The molecule has 0 saturated heterocycles. The predicted molar refractivity (Wildman–Crippen MR) is 50.4 cm³/mol. The smallest absolute Gasteiger partial charge is 0.276 e. The molecule has 0 atom stereocenters. The molecule has 1 N–H and O–H groups in total. The lowest BCUT2D eigenvalue weighted by molar-refractivity contribution is 0.117. The van der Waals surface area contributed by atoms with Gasteiger partial charge in [-0.25, -0.2) is 0 Å². The van der Waals surface area contributed by atoms with Gasteiger partial charge in [0, 0.05) is 18.4 Å². The van der Waals surface area contributed by atoms with E-state index in [1.807, 2.05) is 18.2 Å². The fourth-order valence-corrected chi connectivity index (χ4v) is 1.49. The maximum Gasteiger partial charge on any atom is 0.276 e. The van der Waals surface area contributed by atoms with Crippen LogP contribution in [-0.2, 0) is 11.2 Å². The van der Waals surface area contributed by atoms with E-state index in [9.17, 15) is 5.11 Å². The Morgan fingerprint density at radius 2 is 2.00 bits per heavy atom. The molecule has 68 valence electrons. The summed E-state index contributed by atoms with van der Waals surface area (Å²) in [6, 6.07) is 10.1. The first-order valence-electron chi connectivity index (χ1n) is 4.44. The van der Waals surface area contributed by atoms with Crippen LogP contribution in [0.5, 0.6) is 0 Å². The number of aliphatic hydroxyl groups excluding tert-OH is 1. The molecule has 1 aromatic rings. The van der Waals surface area contributed by atoms with Gasteiger partial charge in [0.05, 0.1) is 6.61 Å². The van der Waals surface area contributed by atoms with E-state index in [1.54, 1.807) is 0 Å². The third kappa shape index (κ3) is 1.83. The van der Waals surface area contributed by atoms with Gasteiger partial charge in [-0.1, -0.05) is 30.3 Å². The molecule has 0 bridgehead atoms. The molecule has 2 nitrogen and oxygen atoms in total. The Balaban J connectivity index is 2.11. The summed E-state index contributed by atoms with van der Waals surface area (Å²) in [5.41, 5.74) is 2.22. The van der Waals surface area contributed by atoms with E-state index in [1.165, 1.54) is 5.56 Å². The van der Waals surface area contributed by atoms with Crippen LogP contribution in [0.1, 0.15) is 12.0 Å². The highest BCUT2D eigenvalue weighted by molar-refractivity contribution is 5.23. The zero-order valence-corrected chi connectivity index (χ0v) is 7.36. The minimum absolute atomic E-state index is 0.129. The Bertz CT molecular complexity index is 314. The molecular weight excluding hydrogens is 164 g/mol. The second-order valence-electron chi connectivity index (χ2n) is 3.17. The fourth-order valence-electron chi connectivity index (χ4n) is 1.49. The second-order valence-corrected chi connectivity index (χ2v) is 3.17. The third-order valence-electron chi connectivity index (χ3n) is 2.21. The highest BCUT2D eigenvalue weighted by Gasteiger charge is 2.14. The van der Waals surface area contributed by atoms with Gasteiger partial charge in [-0.05, 0) is 5.56 Å². The zero-order chi connectivity index (χ0) is 9.10. The molecule has 0 fully saturated rings. The van der Waals surface area contributed by atoms with Crippen molar-refractivity contribution in [1.82, 2.24) is 0 Å². The minimum Gasteiger partial charge on any atom is -0.481 e. The van der Waals surface area contributed by atoms with Gasteiger partial charge in [-0.15, -0.1) is 0 Å². The molecule has 2 rings (SSSR count). The summed E-state index contributed by atoms with van der Waals surface area (Å²) in [6.45, 7) is 0.619. The molecular formula is C11H12O2. The van der Waals surface area contributed by atoms with Gasteiger partial charge < -0.3 is 9.84 Å². The van der Waals surface area contributed by atoms with E-state index in [4.69, 9.17) is 4.74 Å². The summed E-state index contributed by atoms with van der Waals surface area (Å²) in [4.78, 5) is 0. The molecule has 0 saturated carbocycles. The highest BCUT2D eigenvalue weighted by Crippen LogP contribution is 2.20. The Labute approximate surface area is 77.5 Å². The Hall–Kier alpha value is -1.44. The summed E-state index contributed by atoms with van der Waals surface area (Å²) in [6.07, 6.45) is 1.65. The molecule has 1 aromatic carbocycles. The quantitative estimate of drug-likeness (QED) is 0.749. The average Bonchev–Trinajstić information content (AvgIpc) is 2.54. The van der Waals surface area contributed by atoms with Crippen LogP contribution in [0.4, 0.5) is 0 Å². The maximum absolute atomic E-state index is 9.31. The second kappa shape index (κ2) is 3.52. The van der Waals surface area contributed by atoms with Crippen LogP contribution in [0.15, 0.2) is 41.9 Å². The Kier molecular flexibility index (Phi) is 2.21. The van der Waals surface area contributed by atoms with Crippen molar-refractivity contribution in [3.63, 3.8) is 0 Å². The van der Waals surface area contributed by atoms with E-state index in [0.29, 0.717) is 6.61 Å². The number of hydrogen-bond donors (Lipinski definition) is 1. The molecule has 1 aliphatic heterocycles. The third-order valence-corrected chi connectivity index (χ3v) is 2.21. The van der Waals surface area contributed by atoms with Crippen LogP contribution >= 0.6 is 0 Å². The molecule has 13 heavy (non-hydrogen) atoms. The highest BCUT2D eigenvalue weighted by atomic mass is 16.6. The van der Waals surface area contributed by atoms with Crippen molar-refractivity contribution in [2.24, 2.45) is 0 Å². The zero-order valence-electron chi connectivity index (χ0n) is 7.36. The van der Waals surface area contributed by atoms with Crippen LogP contribution in [0.2, 0.25) is 0 Å². The van der Waals surface area contributed by atoms with Gasteiger partial charge in [0.2, 0.25) is 0 Å². The van der Waals surface area contributed by atoms with E-state index in [2.05, 4.69) is 12.1 Å². The minimum atomic E-state index is 0.129. The summed E-state index contributed by atoms with van der Waals surface area (Å²) < 4.78 is 4.97. The maximum atomic E-state index is 9.31. The summed E-state index contributed by atoms with van der Waals surface area (Å²) in [7, 11) is 0. The Morgan fingerprint density at radius 3 is 2.62 bits per heavy atom. The van der Waals surface area contributed by atoms with Gasteiger partial charge >= 0.3 is 0 Å². The molecule has 1 aliphatic rings. The Morgan fingerprint density at radius 1 is 1.23 bits per heavy atom. The van der Waals surface area contributed by atoms with Gasteiger partial charge in [-0.3, -0.25) is 0 Å². The number of ether oxygens (including phenoxy) is 1. The van der Waals surface area contributed by atoms with E-state index in [-0.39, 0.29) is 5.95 Å². The van der Waals surface area contributed by atoms with E-state index in [0.717, 1.165) is 18.4 Å². The monoisotopic (exact) mass is 176 g/mol. The van der Waals surface area contributed by atoms with Gasteiger partial charge in [-0.2, -0.15) is 0 Å². The number of hydrogen-bond acceptors (Lipinski definition) is 2. The largest absolute Gasteiger partial charge is 0.481 e. The molecule has 0 spiro atoms. The number of rotatable bonds is 2. The molecule has 1 heterocycles. The van der Waals surface area contributed by atoms with E-state index < -0.39 is 0 Å². The van der Waals surface area contributed by atoms with Crippen molar-refractivity contribution in [2.45, 2.75) is 12.8 Å². The predicted octanol–water partition coefficient (Wildman–Crippen LogP) is 2.42. The van der Waals surface area contributed by atoms with Crippen molar-refractivity contribution < 1.29 is 9.84 Å². The number of aliphatic hydroxyl groups is 1. The average molecular weight is 176 g/mol. The molecule has 0 radical (unpaired) electrons.